The molecule has 0 saturated heterocycles. The molecule has 2 heterocycles. The first-order chi connectivity index (χ1) is 12.2. The molecule has 0 radical (unpaired) electrons. The molecule has 4 rings (SSSR count). The number of nitrogens with two attached hydrogens (primary N) is 1. The topological polar surface area (TPSA) is 67.6 Å². The number of aromatic nitrogens is 2. The molecule has 0 aliphatic heterocycles. The molecule has 4 aromatic rings. The predicted molar refractivity (Wildman–Crippen MR) is 100 cm³/mol. The average molecular weight is 324 g/mol. The summed E-state index contributed by atoms with van der Waals surface area (Å²) in [7, 11) is 0. The van der Waals surface area contributed by atoms with Crippen molar-refractivity contribution in [1.82, 2.24) is 9.55 Å². The minimum absolute atomic E-state index is 0.641. The molecule has 120 valence electrons. The number of benzene rings is 2. The van der Waals surface area contributed by atoms with Crippen molar-refractivity contribution in [2.45, 2.75) is 6.92 Å². The monoisotopic (exact) mass is 324 g/mol. The van der Waals surface area contributed by atoms with Crippen molar-refractivity contribution in [3.05, 3.63) is 78.2 Å². The standard InChI is InChI=1S/C21H16N4/c1-14-17(3-2-4-20(14)23)19-13-25(16-7-9-24-10-8-16)21-6-5-15(12-22)11-18(19)21/h2-11,13H,23H2,1H3. The number of nitrogens with zero attached hydrogens (tertiary/aromatic N) is 3. The lowest BCUT2D eigenvalue weighted by atomic mass is 9.98. The first-order valence-corrected chi connectivity index (χ1v) is 8.00. The minimum Gasteiger partial charge on any atom is -0.398 e. The third kappa shape index (κ3) is 2.43. The maximum Gasteiger partial charge on any atom is 0.0991 e. The smallest absolute Gasteiger partial charge is 0.0991 e. The Bertz CT molecular complexity index is 1120. The van der Waals surface area contributed by atoms with Gasteiger partial charge in [0.05, 0.1) is 17.1 Å². The summed E-state index contributed by atoms with van der Waals surface area (Å²) in [4.78, 5) is 4.10. The highest BCUT2D eigenvalue weighted by atomic mass is 15.0. The van der Waals surface area contributed by atoms with E-state index in [1.807, 2.05) is 49.4 Å². The summed E-state index contributed by atoms with van der Waals surface area (Å²) < 4.78 is 2.12. The average Bonchev–Trinajstić information content (AvgIpc) is 3.03. The van der Waals surface area contributed by atoms with E-state index < -0.39 is 0 Å². The molecule has 0 aliphatic rings. The van der Waals surface area contributed by atoms with Crippen LogP contribution < -0.4 is 5.73 Å². The summed E-state index contributed by atoms with van der Waals surface area (Å²) in [6.45, 7) is 2.02. The van der Waals surface area contributed by atoms with Crippen LogP contribution in [0.4, 0.5) is 5.69 Å². The van der Waals surface area contributed by atoms with Gasteiger partial charge in [0.2, 0.25) is 0 Å². The van der Waals surface area contributed by atoms with E-state index in [2.05, 4.69) is 27.9 Å². The molecule has 4 heteroatoms. The van der Waals surface area contributed by atoms with Crippen LogP contribution in [0.5, 0.6) is 0 Å². The molecule has 0 saturated carbocycles. The van der Waals surface area contributed by atoms with E-state index in [0.29, 0.717) is 5.56 Å². The quantitative estimate of drug-likeness (QED) is 0.554. The second-order valence-corrected chi connectivity index (χ2v) is 5.98. The maximum atomic E-state index is 9.30. The summed E-state index contributed by atoms with van der Waals surface area (Å²) in [5.41, 5.74) is 12.8. The van der Waals surface area contributed by atoms with E-state index in [-0.39, 0.29) is 0 Å². The molecule has 0 amide bonds. The SMILES string of the molecule is Cc1c(N)cccc1-c1cn(-c2ccncc2)c2ccc(C#N)cc12. The molecular weight excluding hydrogens is 308 g/mol. The van der Waals surface area contributed by atoms with Crippen molar-refractivity contribution in [3.8, 4) is 22.9 Å². The molecule has 2 aromatic heterocycles. The second kappa shape index (κ2) is 5.81. The molecule has 4 nitrogen and oxygen atoms in total. The van der Waals surface area contributed by atoms with Crippen molar-refractivity contribution in [1.29, 1.82) is 5.26 Å². The van der Waals surface area contributed by atoms with Crippen LogP contribution in [0.25, 0.3) is 27.7 Å². The van der Waals surface area contributed by atoms with Crippen LogP contribution in [0.2, 0.25) is 0 Å². The molecule has 0 aliphatic carbocycles. The van der Waals surface area contributed by atoms with E-state index >= 15 is 0 Å². The van der Waals surface area contributed by atoms with Gasteiger partial charge in [0, 0.05) is 40.9 Å². The van der Waals surface area contributed by atoms with Gasteiger partial charge in [0.25, 0.3) is 0 Å². The van der Waals surface area contributed by atoms with Gasteiger partial charge in [-0.1, -0.05) is 12.1 Å². The number of anilines is 1. The highest BCUT2D eigenvalue weighted by Crippen LogP contribution is 2.36. The molecule has 25 heavy (non-hydrogen) atoms. The van der Waals surface area contributed by atoms with Gasteiger partial charge in [-0.2, -0.15) is 5.26 Å². The Balaban J connectivity index is 2.07. The molecule has 0 fully saturated rings. The largest absolute Gasteiger partial charge is 0.398 e. The van der Waals surface area contributed by atoms with Crippen molar-refractivity contribution < 1.29 is 0 Å². The number of rotatable bonds is 2. The Kier molecular flexibility index (Phi) is 3.48. The van der Waals surface area contributed by atoms with Crippen molar-refractivity contribution in [2.75, 3.05) is 5.73 Å². The number of nitrogen functional groups attached to an aromatic ring is 1. The third-order valence-corrected chi connectivity index (χ3v) is 4.54. The Morgan fingerprint density at radius 2 is 1.84 bits per heavy atom. The van der Waals surface area contributed by atoms with E-state index in [9.17, 15) is 5.26 Å². The first-order valence-electron chi connectivity index (χ1n) is 8.00. The van der Waals surface area contributed by atoms with Crippen LogP contribution in [-0.4, -0.2) is 9.55 Å². The third-order valence-electron chi connectivity index (χ3n) is 4.54. The summed E-state index contributed by atoms with van der Waals surface area (Å²) in [6.07, 6.45) is 5.65. The van der Waals surface area contributed by atoms with Crippen molar-refractivity contribution >= 4 is 16.6 Å². The van der Waals surface area contributed by atoms with E-state index in [1.54, 1.807) is 12.4 Å². The number of nitriles is 1. The molecule has 0 spiro atoms. The summed E-state index contributed by atoms with van der Waals surface area (Å²) in [5, 5.41) is 10.3. The van der Waals surface area contributed by atoms with Gasteiger partial charge in [-0.25, -0.2) is 0 Å². The molecule has 2 N–H and O–H groups in total. The number of fused-ring (bicyclic) bond motifs is 1. The van der Waals surface area contributed by atoms with Crippen LogP contribution in [0.1, 0.15) is 11.1 Å². The lowest BCUT2D eigenvalue weighted by Crippen LogP contribution is -1.92. The number of hydrogen-bond donors (Lipinski definition) is 1. The van der Waals surface area contributed by atoms with Gasteiger partial charge in [-0.3, -0.25) is 4.98 Å². The van der Waals surface area contributed by atoms with Gasteiger partial charge in [-0.15, -0.1) is 0 Å². The molecule has 0 atom stereocenters. The lowest BCUT2D eigenvalue weighted by Gasteiger charge is -2.07. The molecule has 2 aromatic carbocycles. The van der Waals surface area contributed by atoms with Gasteiger partial charge < -0.3 is 10.3 Å². The van der Waals surface area contributed by atoms with Crippen LogP contribution in [0, 0.1) is 18.3 Å². The number of pyridine rings is 1. The van der Waals surface area contributed by atoms with Crippen molar-refractivity contribution in [2.24, 2.45) is 0 Å². The zero-order valence-electron chi connectivity index (χ0n) is 13.8. The van der Waals surface area contributed by atoms with Crippen LogP contribution in [0.3, 0.4) is 0 Å². The highest BCUT2D eigenvalue weighted by molar-refractivity contribution is 5.99. The van der Waals surface area contributed by atoms with Gasteiger partial charge >= 0.3 is 0 Å². The fourth-order valence-corrected chi connectivity index (χ4v) is 3.18. The normalized spacial score (nSPS) is 10.7. The molecule has 0 bridgehead atoms. The Hall–Kier alpha value is -3.58. The molecular formula is C21H16N4. The fraction of sp³-hybridized carbons (Fsp3) is 0.0476. The van der Waals surface area contributed by atoms with E-state index in [1.165, 1.54) is 0 Å². The van der Waals surface area contributed by atoms with Crippen LogP contribution >= 0.6 is 0 Å². The fourth-order valence-electron chi connectivity index (χ4n) is 3.18. The van der Waals surface area contributed by atoms with Crippen LogP contribution in [-0.2, 0) is 0 Å². The second-order valence-electron chi connectivity index (χ2n) is 5.98. The van der Waals surface area contributed by atoms with E-state index in [4.69, 9.17) is 5.73 Å². The number of hydrogen-bond acceptors (Lipinski definition) is 3. The molecule has 0 unspecified atom stereocenters. The highest BCUT2D eigenvalue weighted by Gasteiger charge is 2.14. The van der Waals surface area contributed by atoms with Gasteiger partial charge in [-0.05, 0) is 54.4 Å². The summed E-state index contributed by atoms with van der Waals surface area (Å²) in [6, 6.07) is 17.9. The Morgan fingerprint density at radius 3 is 2.60 bits per heavy atom. The summed E-state index contributed by atoms with van der Waals surface area (Å²) in [5.74, 6) is 0. The van der Waals surface area contributed by atoms with Crippen LogP contribution in [0.15, 0.2) is 67.1 Å². The first kappa shape index (κ1) is 15.0. The zero-order chi connectivity index (χ0) is 17.4. The van der Waals surface area contributed by atoms with E-state index in [0.717, 1.165) is 39.0 Å². The zero-order valence-corrected chi connectivity index (χ0v) is 13.8. The predicted octanol–water partition coefficient (Wildman–Crippen LogP) is 4.45. The minimum atomic E-state index is 0.641. The van der Waals surface area contributed by atoms with Gasteiger partial charge in [0.1, 0.15) is 0 Å². The van der Waals surface area contributed by atoms with Gasteiger partial charge in [0.15, 0.2) is 0 Å². The Labute approximate surface area is 145 Å². The summed E-state index contributed by atoms with van der Waals surface area (Å²) >= 11 is 0. The maximum absolute atomic E-state index is 9.30. The lowest BCUT2D eigenvalue weighted by molar-refractivity contribution is 1.11. The Morgan fingerprint density at radius 1 is 1.04 bits per heavy atom. The van der Waals surface area contributed by atoms with Crippen molar-refractivity contribution in [3.63, 3.8) is 0 Å².